The lowest BCUT2D eigenvalue weighted by atomic mass is 9.97. The van der Waals surface area contributed by atoms with E-state index >= 15 is 0 Å². The molecule has 2 N–H and O–H groups in total. The predicted molar refractivity (Wildman–Crippen MR) is 71.9 cm³/mol. The van der Waals surface area contributed by atoms with Gasteiger partial charge in [0.25, 0.3) is 0 Å². The van der Waals surface area contributed by atoms with Gasteiger partial charge in [-0.1, -0.05) is 6.92 Å². The van der Waals surface area contributed by atoms with Gasteiger partial charge in [0.2, 0.25) is 5.91 Å². The molecule has 1 amide bonds. The fraction of sp³-hybridized carbons (Fsp3) is 0.429. The summed E-state index contributed by atoms with van der Waals surface area (Å²) < 4.78 is 5.20. The molecule has 1 aromatic rings. The maximum absolute atomic E-state index is 12.2. The average molecular weight is 259 g/mol. The van der Waals surface area contributed by atoms with Gasteiger partial charge < -0.3 is 15.4 Å². The molecule has 1 aromatic carbocycles. The number of hydrogen-bond acceptors (Lipinski definition) is 4. The van der Waals surface area contributed by atoms with Gasteiger partial charge >= 0.3 is 0 Å². The van der Waals surface area contributed by atoms with Crippen molar-refractivity contribution in [1.29, 1.82) is 5.26 Å². The molecule has 0 aliphatic carbocycles. The Hall–Kier alpha value is -2.06. The number of carbonyl (C=O) groups excluding carboxylic acids is 1. The van der Waals surface area contributed by atoms with Gasteiger partial charge in [-0.25, -0.2) is 0 Å². The third-order valence-corrected chi connectivity index (χ3v) is 3.44. The van der Waals surface area contributed by atoms with Gasteiger partial charge in [0.05, 0.1) is 30.3 Å². The highest BCUT2D eigenvalue weighted by molar-refractivity contribution is 5.94. The fourth-order valence-corrected chi connectivity index (χ4v) is 2.25. The Bertz CT molecular complexity index is 522. The van der Waals surface area contributed by atoms with Gasteiger partial charge in [-0.3, -0.25) is 4.79 Å². The van der Waals surface area contributed by atoms with Crippen LogP contribution in [0.1, 0.15) is 12.5 Å². The fourth-order valence-electron chi connectivity index (χ4n) is 2.25. The highest BCUT2D eigenvalue weighted by Gasteiger charge is 2.29. The van der Waals surface area contributed by atoms with Crippen molar-refractivity contribution in [3.63, 3.8) is 0 Å². The van der Waals surface area contributed by atoms with Crippen LogP contribution in [0.2, 0.25) is 0 Å². The number of amides is 1. The van der Waals surface area contributed by atoms with E-state index in [1.165, 1.54) is 7.11 Å². The second-order valence-electron chi connectivity index (χ2n) is 4.76. The number of rotatable bonds is 3. The number of anilines is 1. The molecule has 2 rings (SSSR count). The molecule has 5 heteroatoms. The molecule has 1 aliphatic heterocycles. The first-order valence-corrected chi connectivity index (χ1v) is 6.25. The molecule has 5 nitrogen and oxygen atoms in total. The van der Waals surface area contributed by atoms with Crippen molar-refractivity contribution in [2.24, 2.45) is 11.8 Å². The Morgan fingerprint density at radius 1 is 1.53 bits per heavy atom. The van der Waals surface area contributed by atoms with E-state index in [-0.39, 0.29) is 11.8 Å². The van der Waals surface area contributed by atoms with E-state index < -0.39 is 0 Å². The summed E-state index contributed by atoms with van der Waals surface area (Å²) in [6, 6.07) is 7.02. The topological polar surface area (TPSA) is 74.1 Å². The third kappa shape index (κ3) is 2.85. The number of carbonyl (C=O) groups is 1. The summed E-state index contributed by atoms with van der Waals surface area (Å²) in [5.74, 6) is 0.788. The minimum atomic E-state index is -0.0275. The van der Waals surface area contributed by atoms with E-state index in [1.54, 1.807) is 18.2 Å². The molecule has 0 spiro atoms. The molecule has 1 fully saturated rings. The van der Waals surface area contributed by atoms with Crippen molar-refractivity contribution in [3.8, 4) is 11.8 Å². The van der Waals surface area contributed by atoms with Gasteiger partial charge in [0, 0.05) is 12.6 Å². The van der Waals surface area contributed by atoms with Gasteiger partial charge in [-0.05, 0) is 24.6 Å². The zero-order valence-electron chi connectivity index (χ0n) is 11.1. The van der Waals surface area contributed by atoms with Gasteiger partial charge in [0.15, 0.2) is 0 Å². The van der Waals surface area contributed by atoms with Crippen LogP contribution in [0.25, 0.3) is 0 Å². The molecule has 0 saturated carbocycles. The van der Waals surface area contributed by atoms with E-state index in [9.17, 15) is 4.79 Å². The average Bonchev–Trinajstić information content (AvgIpc) is 2.85. The van der Waals surface area contributed by atoms with E-state index in [4.69, 9.17) is 10.00 Å². The first kappa shape index (κ1) is 13.4. The predicted octanol–water partition coefficient (Wildman–Crippen LogP) is 1.36. The van der Waals surface area contributed by atoms with E-state index in [0.717, 1.165) is 6.54 Å². The van der Waals surface area contributed by atoms with Crippen LogP contribution in [0.15, 0.2) is 18.2 Å². The van der Waals surface area contributed by atoms with Crippen LogP contribution in [-0.2, 0) is 4.79 Å². The summed E-state index contributed by atoms with van der Waals surface area (Å²) in [5, 5.41) is 14.9. The van der Waals surface area contributed by atoms with Gasteiger partial charge in [-0.15, -0.1) is 0 Å². The Labute approximate surface area is 112 Å². The van der Waals surface area contributed by atoms with E-state index in [0.29, 0.717) is 29.5 Å². The highest BCUT2D eigenvalue weighted by atomic mass is 16.5. The summed E-state index contributed by atoms with van der Waals surface area (Å²) in [5.41, 5.74) is 1.11. The normalized spacial score (nSPS) is 21.7. The van der Waals surface area contributed by atoms with Crippen LogP contribution < -0.4 is 15.4 Å². The molecule has 0 unspecified atom stereocenters. The lowest BCUT2D eigenvalue weighted by Crippen LogP contribution is -2.28. The van der Waals surface area contributed by atoms with Crippen LogP contribution in [0.4, 0.5) is 5.69 Å². The Balaban J connectivity index is 2.14. The zero-order chi connectivity index (χ0) is 13.8. The Morgan fingerprint density at radius 3 is 2.89 bits per heavy atom. The van der Waals surface area contributed by atoms with Crippen molar-refractivity contribution >= 4 is 11.6 Å². The van der Waals surface area contributed by atoms with Crippen molar-refractivity contribution < 1.29 is 9.53 Å². The third-order valence-electron chi connectivity index (χ3n) is 3.44. The maximum atomic E-state index is 12.2. The van der Waals surface area contributed by atoms with Gasteiger partial charge in [0.1, 0.15) is 5.75 Å². The smallest absolute Gasteiger partial charge is 0.229 e. The zero-order valence-corrected chi connectivity index (χ0v) is 11.1. The molecule has 1 heterocycles. The number of methoxy groups -OCH3 is 1. The molecule has 1 saturated heterocycles. The first-order chi connectivity index (χ1) is 9.15. The number of hydrogen-bond donors (Lipinski definition) is 2. The quantitative estimate of drug-likeness (QED) is 0.859. The summed E-state index contributed by atoms with van der Waals surface area (Å²) in [6.45, 7) is 3.62. The number of nitrogens with one attached hydrogen (secondary N) is 2. The molecular formula is C14H17N3O2. The minimum Gasteiger partial charge on any atom is -0.495 e. The Morgan fingerprint density at radius 2 is 2.32 bits per heavy atom. The molecule has 100 valence electrons. The summed E-state index contributed by atoms with van der Waals surface area (Å²) in [6.07, 6.45) is 0. The molecule has 0 aromatic heterocycles. The van der Waals surface area contributed by atoms with E-state index in [1.807, 2.05) is 6.07 Å². The SMILES string of the molecule is COc1cc(C#N)ccc1NC(=O)[C@@H]1CNC[C@H]1C. The molecular weight excluding hydrogens is 242 g/mol. The van der Waals surface area contributed by atoms with Crippen LogP contribution in [0, 0.1) is 23.2 Å². The summed E-state index contributed by atoms with van der Waals surface area (Å²) >= 11 is 0. The maximum Gasteiger partial charge on any atom is 0.229 e. The molecule has 2 atom stereocenters. The van der Waals surface area contributed by atoms with Crippen LogP contribution in [0.5, 0.6) is 5.75 Å². The number of nitriles is 1. The Kier molecular flexibility index (Phi) is 4.03. The van der Waals surface area contributed by atoms with Crippen LogP contribution >= 0.6 is 0 Å². The van der Waals surface area contributed by atoms with Crippen LogP contribution in [0.3, 0.4) is 0 Å². The summed E-state index contributed by atoms with van der Waals surface area (Å²) in [4.78, 5) is 12.2. The second kappa shape index (κ2) is 5.72. The molecule has 19 heavy (non-hydrogen) atoms. The lowest BCUT2D eigenvalue weighted by molar-refractivity contribution is -0.120. The molecule has 0 bridgehead atoms. The first-order valence-electron chi connectivity index (χ1n) is 6.25. The largest absolute Gasteiger partial charge is 0.495 e. The van der Waals surface area contributed by atoms with Crippen molar-refractivity contribution in [2.75, 3.05) is 25.5 Å². The lowest BCUT2D eigenvalue weighted by Gasteiger charge is -2.16. The van der Waals surface area contributed by atoms with Crippen molar-refractivity contribution in [2.45, 2.75) is 6.92 Å². The molecule has 1 aliphatic rings. The second-order valence-corrected chi connectivity index (χ2v) is 4.76. The van der Waals surface area contributed by atoms with Gasteiger partial charge in [-0.2, -0.15) is 5.26 Å². The number of benzene rings is 1. The number of ether oxygens (including phenoxy) is 1. The van der Waals surface area contributed by atoms with Crippen LogP contribution in [-0.4, -0.2) is 26.1 Å². The summed E-state index contributed by atoms with van der Waals surface area (Å²) in [7, 11) is 1.52. The number of nitrogens with zero attached hydrogens (tertiary/aromatic N) is 1. The standard InChI is InChI=1S/C14H17N3O2/c1-9-7-16-8-11(9)14(18)17-12-4-3-10(6-15)5-13(12)19-2/h3-5,9,11,16H,7-8H2,1-2H3,(H,17,18)/t9-,11-/m1/s1. The molecule has 0 radical (unpaired) electrons. The van der Waals surface area contributed by atoms with E-state index in [2.05, 4.69) is 17.6 Å². The van der Waals surface area contributed by atoms with Crippen molar-refractivity contribution in [1.82, 2.24) is 5.32 Å². The minimum absolute atomic E-state index is 0.0134. The van der Waals surface area contributed by atoms with Crippen molar-refractivity contribution in [3.05, 3.63) is 23.8 Å². The highest BCUT2D eigenvalue weighted by Crippen LogP contribution is 2.27. The monoisotopic (exact) mass is 259 g/mol.